The van der Waals surface area contributed by atoms with Crippen LogP contribution in [0.2, 0.25) is 0 Å². The molecule has 6 nitrogen and oxygen atoms in total. The summed E-state index contributed by atoms with van der Waals surface area (Å²) in [6, 6.07) is 10.5. The van der Waals surface area contributed by atoms with Crippen molar-refractivity contribution in [2.24, 2.45) is 0 Å². The number of para-hydroxylation sites is 1. The molecular weight excluding hydrogens is 334 g/mol. The molecule has 6 heteroatoms. The van der Waals surface area contributed by atoms with Gasteiger partial charge >= 0.3 is 12.1 Å². The first kappa shape index (κ1) is 19.4. The molecular formula is C20H24NO5+. The monoisotopic (exact) mass is 358 g/mol. The minimum absolute atomic E-state index is 0.0192. The third kappa shape index (κ3) is 4.59. The standard InChI is InChI=1S/C20H23NO5/c1-13(2)15-8-7-9-16(14(3)4)18(15)26-20(24)25-12-21-11-6-5-10-17(21)19(22)23/h5-11,13-14H,12H2,1-4H3/p+1. The van der Waals surface area contributed by atoms with Crippen LogP contribution in [0, 0.1) is 0 Å². The number of ether oxygens (including phenoxy) is 2. The lowest BCUT2D eigenvalue weighted by molar-refractivity contribution is -0.729. The Kier molecular flexibility index (Phi) is 6.33. The Morgan fingerprint density at radius 1 is 1.00 bits per heavy atom. The molecule has 0 saturated heterocycles. The molecule has 0 atom stereocenters. The van der Waals surface area contributed by atoms with Gasteiger partial charge in [-0.25, -0.2) is 9.59 Å². The lowest BCUT2D eigenvalue weighted by Crippen LogP contribution is -2.42. The first-order valence-corrected chi connectivity index (χ1v) is 8.50. The molecule has 26 heavy (non-hydrogen) atoms. The highest BCUT2D eigenvalue weighted by Gasteiger charge is 2.22. The van der Waals surface area contributed by atoms with Gasteiger partial charge in [-0.05, 0) is 29.0 Å². The highest BCUT2D eigenvalue weighted by molar-refractivity contribution is 5.83. The third-order valence-corrected chi connectivity index (χ3v) is 3.99. The van der Waals surface area contributed by atoms with Crippen LogP contribution >= 0.6 is 0 Å². The van der Waals surface area contributed by atoms with Crippen molar-refractivity contribution in [1.29, 1.82) is 0 Å². The van der Waals surface area contributed by atoms with Gasteiger partial charge in [0.1, 0.15) is 5.75 Å². The number of benzene rings is 1. The fourth-order valence-electron chi connectivity index (χ4n) is 2.62. The quantitative estimate of drug-likeness (QED) is 0.478. The summed E-state index contributed by atoms with van der Waals surface area (Å²) in [6.07, 6.45) is 0.658. The van der Waals surface area contributed by atoms with E-state index in [0.29, 0.717) is 5.75 Å². The van der Waals surface area contributed by atoms with E-state index in [4.69, 9.17) is 14.6 Å². The van der Waals surface area contributed by atoms with E-state index in [1.54, 1.807) is 12.1 Å². The van der Waals surface area contributed by atoms with Gasteiger partial charge in [-0.2, -0.15) is 4.57 Å². The van der Waals surface area contributed by atoms with Crippen LogP contribution in [0.1, 0.15) is 61.1 Å². The SMILES string of the molecule is CC(C)c1cccc(C(C)C)c1OC(=O)OC[n+]1ccccc1C(=O)O. The van der Waals surface area contributed by atoms with Crippen molar-refractivity contribution < 1.29 is 28.7 Å². The number of hydrogen-bond acceptors (Lipinski definition) is 4. The second-order valence-corrected chi connectivity index (χ2v) is 6.56. The molecule has 138 valence electrons. The number of carboxylic acids is 1. The van der Waals surface area contributed by atoms with Gasteiger partial charge in [-0.15, -0.1) is 0 Å². The van der Waals surface area contributed by atoms with E-state index in [-0.39, 0.29) is 24.3 Å². The Bertz CT molecular complexity index is 772. The Hall–Kier alpha value is -2.89. The van der Waals surface area contributed by atoms with Crippen LogP contribution in [0.3, 0.4) is 0 Å². The molecule has 0 unspecified atom stereocenters. The predicted molar refractivity (Wildman–Crippen MR) is 95.3 cm³/mol. The summed E-state index contributed by atoms with van der Waals surface area (Å²) < 4.78 is 12.0. The number of carbonyl (C=O) groups is 2. The molecule has 0 saturated carbocycles. The van der Waals surface area contributed by atoms with Gasteiger partial charge in [0.25, 0.3) is 12.4 Å². The highest BCUT2D eigenvalue weighted by atomic mass is 16.7. The van der Waals surface area contributed by atoms with E-state index in [0.717, 1.165) is 11.1 Å². The van der Waals surface area contributed by atoms with Gasteiger partial charge in [0.15, 0.2) is 6.20 Å². The van der Waals surface area contributed by atoms with Crippen LogP contribution in [0.5, 0.6) is 5.75 Å². The number of aromatic carboxylic acids is 1. The normalized spacial score (nSPS) is 10.8. The van der Waals surface area contributed by atoms with Gasteiger partial charge < -0.3 is 14.6 Å². The molecule has 1 aromatic heterocycles. The summed E-state index contributed by atoms with van der Waals surface area (Å²) in [5, 5.41) is 9.17. The number of rotatable bonds is 6. The minimum atomic E-state index is -1.10. The summed E-state index contributed by atoms with van der Waals surface area (Å²) >= 11 is 0. The van der Waals surface area contributed by atoms with E-state index in [9.17, 15) is 9.59 Å². The molecule has 0 spiro atoms. The Balaban J connectivity index is 2.17. The average Bonchev–Trinajstić information content (AvgIpc) is 2.59. The van der Waals surface area contributed by atoms with Crippen LogP contribution in [-0.2, 0) is 11.5 Å². The predicted octanol–water partition coefficient (Wildman–Crippen LogP) is 4.09. The van der Waals surface area contributed by atoms with E-state index < -0.39 is 12.1 Å². The van der Waals surface area contributed by atoms with Crippen LogP contribution in [0.25, 0.3) is 0 Å². The molecule has 1 aromatic carbocycles. The van der Waals surface area contributed by atoms with Gasteiger partial charge in [0.05, 0.1) is 0 Å². The molecule has 0 aliphatic carbocycles. The van der Waals surface area contributed by atoms with Crippen LogP contribution in [0.15, 0.2) is 42.6 Å². The van der Waals surface area contributed by atoms with E-state index in [1.807, 2.05) is 45.9 Å². The Morgan fingerprint density at radius 2 is 1.62 bits per heavy atom. The molecule has 0 aliphatic heterocycles. The lowest BCUT2D eigenvalue weighted by Gasteiger charge is -2.18. The number of carboxylic acid groups (broad SMARTS) is 1. The topological polar surface area (TPSA) is 76.7 Å². The Labute approximate surface area is 153 Å². The number of nitrogens with zero attached hydrogens (tertiary/aromatic N) is 1. The maximum Gasteiger partial charge on any atom is 0.518 e. The largest absolute Gasteiger partial charge is 0.518 e. The summed E-state index contributed by atoms with van der Waals surface area (Å²) in [5.74, 6) is -0.231. The molecule has 2 aromatic rings. The molecule has 2 rings (SSSR count). The van der Waals surface area contributed by atoms with Gasteiger partial charge in [-0.1, -0.05) is 45.9 Å². The van der Waals surface area contributed by atoms with E-state index in [1.165, 1.54) is 16.8 Å². The van der Waals surface area contributed by atoms with Crippen LogP contribution < -0.4 is 9.30 Å². The molecule has 0 amide bonds. The summed E-state index contributed by atoms with van der Waals surface area (Å²) in [4.78, 5) is 23.4. The first-order valence-electron chi connectivity index (χ1n) is 8.50. The van der Waals surface area contributed by atoms with Crippen molar-refractivity contribution in [2.45, 2.75) is 46.3 Å². The van der Waals surface area contributed by atoms with Crippen molar-refractivity contribution in [1.82, 2.24) is 0 Å². The van der Waals surface area contributed by atoms with Crippen molar-refractivity contribution in [3.63, 3.8) is 0 Å². The Morgan fingerprint density at radius 3 is 2.15 bits per heavy atom. The molecule has 1 N–H and O–H groups in total. The van der Waals surface area contributed by atoms with Crippen molar-refractivity contribution in [3.8, 4) is 5.75 Å². The zero-order valence-corrected chi connectivity index (χ0v) is 15.4. The smallest absolute Gasteiger partial charge is 0.473 e. The fraction of sp³-hybridized carbons (Fsp3) is 0.350. The van der Waals surface area contributed by atoms with Crippen molar-refractivity contribution >= 4 is 12.1 Å². The average molecular weight is 358 g/mol. The number of aromatic nitrogens is 1. The third-order valence-electron chi connectivity index (χ3n) is 3.99. The van der Waals surface area contributed by atoms with E-state index >= 15 is 0 Å². The second kappa shape index (κ2) is 8.47. The van der Waals surface area contributed by atoms with Crippen molar-refractivity contribution in [2.75, 3.05) is 0 Å². The van der Waals surface area contributed by atoms with Crippen LogP contribution in [-0.4, -0.2) is 17.2 Å². The van der Waals surface area contributed by atoms with Crippen LogP contribution in [0.4, 0.5) is 4.79 Å². The van der Waals surface area contributed by atoms with Gasteiger partial charge in [0.2, 0.25) is 0 Å². The number of carbonyl (C=O) groups excluding carboxylic acids is 1. The van der Waals surface area contributed by atoms with Gasteiger partial charge in [-0.3, -0.25) is 0 Å². The first-order chi connectivity index (χ1) is 12.3. The summed E-state index contributed by atoms with van der Waals surface area (Å²) in [7, 11) is 0. The maximum atomic E-state index is 12.2. The lowest BCUT2D eigenvalue weighted by atomic mass is 9.94. The molecule has 0 fully saturated rings. The second-order valence-electron chi connectivity index (χ2n) is 6.56. The molecule has 0 bridgehead atoms. The number of pyridine rings is 1. The number of hydrogen-bond donors (Lipinski definition) is 1. The zero-order valence-electron chi connectivity index (χ0n) is 15.4. The summed E-state index contributed by atoms with van der Waals surface area (Å²) in [5.41, 5.74) is 1.87. The highest BCUT2D eigenvalue weighted by Crippen LogP contribution is 2.34. The maximum absolute atomic E-state index is 12.2. The molecule has 0 aliphatic rings. The summed E-state index contributed by atoms with van der Waals surface area (Å²) in [6.45, 7) is 7.85. The van der Waals surface area contributed by atoms with E-state index in [2.05, 4.69) is 0 Å². The molecule has 0 radical (unpaired) electrons. The minimum Gasteiger partial charge on any atom is -0.473 e. The van der Waals surface area contributed by atoms with Crippen molar-refractivity contribution in [3.05, 3.63) is 59.4 Å². The zero-order chi connectivity index (χ0) is 19.3. The molecule has 1 heterocycles. The fourth-order valence-corrected chi connectivity index (χ4v) is 2.62. The van der Waals surface area contributed by atoms with Gasteiger partial charge in [0, 0.05) is 12.1 Å².